The maximum Gasteiger partial charge on any atom is 0.454 e. The molecular weight excluding hydrogens is 628 g/mol. The number of amides is 1. The van der Waals surface area contributed by atoms with Gasteiger partial charge in [0.1, 0.15) is 16.4 Å². The Kier molecular flexibility index (Phi) is 9.86. The first-order chi connectivity index (χ1) is 21.4. The molecule has 1 N–H and O–H groups in total. The van der Waals surface area contributed by atoms with Crippen molar-refractivity contribution in [3.05, 3.63) is 87.0 Å². The summed E-state index contributed by atoms with van der Waals surface area (Å²) in [4.78, 5) is 28.1. The number of thiophene rings is 1. The van der Waals surface area contributed by atoms with E-state index >= 15 is 0 Å². The van der Waals surface area contributed by atoms with Crippen molar-refractivity contribution in [2.45, 2.75) is 64.3 Å². The van der Waals surface area contributed by atoms with Gasteiger partial charge in [-0.05, 0) is 81.5 Å². The van der Waals surface area contributed by atoms with Crippen LogP contribution in [-0.2, 0) is 6.54 Å². The number of rotatable bonds is 9. The summed E-state index contributed by atoms with van der Waals surface area (Å²) in [5, 5.41) is 4.09. The van der Waals surface area contributed by atoms with E-state index < -0.39 is 23.3 Å². The largest absolute Gasteiger partial charge is 0.494 e. The smallest absolute Gasteiger partial charge is 0.454 e. The van der Waals surface area contributed by atoms with E-state index in [4.69, 9.17) is 16.3 Å². The van der Waals surface area contributed by atoms with Crippen LogP contribution in [0.3, 0.4) is 0 Å². The number of hydrogen-bond donors (Lipinski definition) is 1. The maximum absolute atomic E-state index is 14.8. The highest BCUT2D eigenvalue weighted by Crippen LogP contribution is 2.41. The van der Waals surface area contributed by atoms with Gasteiger partial charge < -0.3 is 15.0 Å². The molecule has 0 aliphatic heterocycles. The number of Topliss-reactive ketones (excluding diaryl/α,β-unsaturated/α-hetero) is 1. The van der Waals surface area contributed by atoms with Crippen molar-refractivity contribution in [3.63, 3.8) is 0 Å². The van der Waals surface area contributed by atoms with Crippen molar-refractivity contribution in [2.24, 2.45) is 0 Å². The quantitative estimate of drug-likeness (QED) is 0.144. The van der Waals surface area contributed by atoms with E-state index in [2.05, 4.69) is 5.32 Å². The Morgan fingerprint density at radius 2 is 1.69 bits per heavy atom. The molecule has 1 aliphatic rings. The number of halogens is 5. The van der Waals surface area contributed by atoms with Crippen LogP contribution in [0, 0.1) is 12.7 Å². The third-order valence-electron chi connectivity index (χ3n) is 8.38. The number of aryl methyl sites for hydroxylation is 1. The monoisotopic (exact) mass is 660 g/mol. The van der Waals surface area contributed by atoms with Crippen LogP contribution in [0.25, 0.3) is 21.2 Å². The van der Waals surface area contributed by atoms with E-state index in [1.54, 1.807) is 23.1 Å². The summed E-state index contributed by atoms with van der Waals surface area (Å²) in [5.41, 5.74) is 2.32. The van der Waals surface area contributed by atoms with Crippen molar-refractivity contribution in [1.29, 1.82) is 0 Å². The molecule has 0 unspecified atom stereocenters. The SMILES string of the molecule is CCOc1ccc(-c2ccc(C(=O)C(F)(F)F)cc2)cc1CN(C(=O)c1sc2c(F)ccc(C)c2c1Cl)C1CCC(NC)CC1. The summed E-state index contributed by atoms with van der Waals surface area (Å²) >= 11 is 7.83. The van der Waals surface area contributed by atoms with Gasteiger partial charge in [0.15, 0.2) is 0 Å². The van der Waals surface area contributed by atoms with Gasteiger partial charge in [0.2, 0.25) is 0 Å². The molecule has 5 rings (SSSR count). The Balaban J connectivity index is 1.54. The molecule has 1 saturated carbocycles. The summed E-state index contributed by atoms with van der Waals surface area (Å²) in [5.74, 6) is -2.07. The van der Waals surface area contributed by atoms with Crippen LogP contribution < -0.4 is 10.1 Å². The molecule has 11 heteroatoms. The van der Waals surface area contributed by atoms with Crippen LogP contribution >= 0.6 is 22.9 Å². The standard InChI is InChI=1S/C34H33ClF4N2O3S/c1-4-44-27-16-10-22(20-6-8-21(9-7-20)32(42)34(37,38)39)17-23(27)18-41(25-13-11-24(40-3)12-14-25)33(43)31-29(35)28-19(2)5-15-26(36)30(28)45-31/h5-10,15-17,24-25,40H,4,11-14,18H2,1-3H3. The van der Waals surface area contributed by atoms with Gasteiger partial charge in [0.05, 0.1) is 16.3 Å². The predicted octanol–water partition coefficient (Wildman–Crippen LogP) is 8.99. The zero-order chi connectivity index (χ0) is 32.5. The number of alkyl halides is 3. The molecule has 3 aromatic carbocycles. The minimum Gasteiger partial charge on any atom is -0.494 e. The highest BCUT2D eigenvalue weighted by atomic mass is 35.5. The van der Waals surface area contributed by atoms with Gasteiger partial charge in [-0.25, -0.2) is 4.39 Å². The second-order valence-corrected chi connectivity index (χ2v) is 12.6. The lowest BCUT2D eigenvalue weighted by molar-refractivity contribution is -0.0885. The Bertz CT molecular complexity index is 1710. The highest BCUT2D eigenvalue weighted by molar-refractivity contribution is 7.21. The molecule has 238 valence electrons. The molecule has 4 aromatic rings. The van der Waals surface area contributed by atoms with Gasteiger partial charge in [-0.1, -0.05) is 48.0 Å². The molecule has 0 spiro atoms. The molecule has 1 amide bonds. The lowest BCUT2D eigenvalue weighted by Gasteiger charge is -2.37. The minimum absolute atomic E-state index is 0.111. The van der Waals surface area contributed by atoms with Gasteiger partial charge in [-0.15, -0.1) is 11.3 Å². The third kappa shape index (κ3) is 6.88. The van der Waals surface area contributed by atoms with Crippen molar-refractivity contribution < 1.29 is 31.9 Å². The zero-order valence-electron chi connectivity index (χ0n) is 25.1. The maximum atomic E-state index is 14.8. The lowest BCUT2D eigenvalue weighted by atomic mass is 9.89. The number of carbonyl (C=O) groups excluding carboxylic acids is 2. The predicted molar refractivity (Wildman–Crippen MR) is 170 cm³/mol. The second kappa shape index (κ2) is 13.5. The molecule has 0 radical (unpaired) electrons. The van der Waals surface area contributed by atoms with E-state index in [0.29, 0.717) is 45.2 Å². The molecule has 0 saturated heterocycles. The normalized spacial score (nSPS) is 17.0. The Morgan fingerprint density at radius 3 is 2.29 bits per heavy atom. The number of ketones is 1. The summed E-state index contributed by atoms with van der Waals surface area (Å²) in [7, 11) is 1.92. The summed E-state index contributed by atoms with van der Waals surface area (Å²) in [6.45, 7) is 4.23. The molecule has 5 nitrogen and oxygen atoms in total. The first kappa shape index (κ1) is 32.9. The molecule has 1 aromatic heterocycles. The van der Waals surface area contributed by atoms with E-state index in [1.165, 1.54) is 18.2 Å². The van der Waals surface area contributed by atoms with Crippen molar-refractivity contribution in [2.75, 3.05) is 13.7 Å². The summed E-state index contributed by atoms with van der Waals surface area (Å²) < 4.78 is 59.9. The van der Waals surface area contributed by atoms with Crippen LogP contribution in [0.4, 0.5) is 17.6 Å². The topological polar surface area (TPSA) is 58.6 Å². The fraction of sp³-hybridized carbons (Fsp3) is 0.353. The number of nitrogens with one attached hydrogen (secondary N) is 1. The van der Waals surface area contributed by atoms with E-state index in [9.17, 15) is 27.2 Å². The lowest BCUT2D eigenvalue weighted by Crippen LogP contribution is -2.44. The molecule has 1 fully saturated rings. The number of nitrogens with zero attached hydrogens (tertiary/aromatic N) is 1. The Labute approximate surface area is 268 Å². The average molecular weight is 661 g/mol. The Hall–Kier alpha value is -3.47. The number of hydrogen-bond acceptors (Lipinski definition) is 5. The van der Waals surface area contributed by atoms with Gasteiger partial charge in [-0.3, -0.25) is 9.59 Å². The molecule has 1 heterocycles. The van der Waals surface area contributed by atoms with Crippen LogP contribution in [0.5, 0.6) is 5.75 Å². The van der Waals surface area contributed by atoms with E-state index in [-0.39, 0.29) is 28.4 Å². The number of benzene rings is 3. The van der Waals surface area contributed by atoms with E-state index in [1.807, 2.05) is 27.0 Å². The summed E-state index contributed by atoms with van der Waals surface area (Å²) in [6, 6.07) is 13.9. The number of carbonyl (C=O) groups is 2. The fourth-order valence-electron chi connectivity index (χ4n) is 5.94. The van der Waals surface area contributed by atoms with E-state index in [0.717, 1.165) is 54.7 Å². The van der Waals surface area contributed by atoms with Gasteiger partial charge in [-0.2, -0.15) is 13.2 Å². The van der Waals surface area contributed by atoms with Crippen molar-refractivity contribution in [1.82, 2.24) is 10.2 Å². The number of ether oxygens (including phenoxy) is 1. The highest BCUT2D eigenvalue weighted by Gasteiger charge is 2.39. The van der Waals surface area contributed by atoms with Gasteiger partial charge in [0.25, 0.3) is 11.7 Å². The van der Waals surface area contributed by atoms with Crippen LogP contribution in [-0.4, -0.2) is 48.5 Å². The minimum atomic E-state index is -4.96. The average Bonchev–Trinajstić information content (AvgIpc) is 3.39. The van der Waals surface area contributed by atoms with Gasteiger partial charge in [0, 0.05) is 35.1 Å². The van der Waals surface area contributed by atoms with Gasteiger partial charge >= 0.3 is 6.18 Å². The third-order valence-corrected chi connectivity index (χ3v) is 10.1. The second-order valence-electron chi connectivity index (χ2n) is 11.2. The van der Waals surface area contributed by atoms with Crippen molar-refractivity contribution in [3.8, 4) is 16.9 Å². The van der Waals surface area contributed by atoms with Crippen LogP contribution in [0.2, 0.25) is 5.02 Å². The molecule has 0 bridgehead atoms. The molecule has 1 aliphatic carbocycles. The zero-order valence-corrected chi connectivity index (χ0v) is 26.6. The first-order valence-corrected chi connectivity index (χ1v) is 15.9. The Morgan fingerprint density at radius 1 is 1.02 bits per heavy atom. The molecular formula is C34H33ClF4N2O3S. The molecule has 0 atom stereocenters. The number of fused-ring (bicyclic) bond motifs is 1. The summed E-state index contributed by atoms with van der Waals surface area (Å²) in [6.07, 6.45) is -1.70. The van der Waals surface area contributed by atoms with Crippen molar-refractivity contribution >= 4 is 44.7 Å². The fourth-order valence-corrected chi connectivity index (χ4v) is 7.57. The molecule has 45 heavy (non-hydrogen) atoms. The van der Waals surface area contributed by atoms with Crippen LogP contribution in [0.15, 0.2) is 54.6 Å². The van der Waals surface area contributed by atoms with Crippen LogP contribution in [0.1, 0.15) is 63.8 Å². The first-order valence-electron chi connectivity index (χ1n) is 14.8.